The van der Waals surface area contributed by atoms with E-state index >= 15 is 0 Å². The van der Waals surface area contributed by atoms with Crippen molar-refractivity contribution in [3.05, 3.63) is 29.6 Å². The number of hydrogen-bond donors (Lipinski definition) is 2. The molecule has 1 aromatic carbocycles. The number of likely N-dealkylation sites (N-methyl/N-ethyl adjacent to an activating group) is 1. The number of hydrogen-bond acceptors (Lipinski definition) is 3. The Bertz CT molecular complexity index is 472. The van der Waals surface area contributed by atoms with E-state index in [9.17, 15) is 9.18 Å². The number of nitrogens with zero attached hydrogens (tertiary/aromatic N) is 1. The average Bonchev–Trinajstić information content (AvgIpc) is 2.86. The quantitative estimate of drug-likeness (QED) is 0.863. The highest BCUT2D eigenvalue weighted by molar-refractivity contribution is 5.92. The Morgan fingerprint density at radius 3 is 3.05 bits per heavy atom. The van der Waals surface area contributed by atoms with Gasteiger partial charge in [-0.05, 0) is 51.1 Å². The molecule has 0 aliphatic carbocycles. The third-order valence-corrected chi connectivity index (χ3v) is 3.58. The molecular formula is C15H22FN3O. The normalized spacial score (nSPS) is 18.5. The van der Waals surface area contributed by atoms with Gasteiger partial charge in [-0.2, -0.15) is 0 Å². The number of halogens is 1. The van der Waals surface area contributed by atoms with Crippen molar-refractivity contribution in [2.24, 2.45) is 0 Å². The predicted octanol–water partition coefficient (Wildman–Crippen LogP) is 1.76. The van der Waals surface area contributed by atoms with Crippen molar-refractivity contribution in [2.45, 2.75) is 25.8 Å². The summed E-state index contributed by atoms with van der Waals surface area (Å²) in [7, 11) is 1.93. The summed E-state index contributed by atoms with van der Waals surface area (Å²) in [4.78, 5) is 14.0. The molecule has 0 bridgehead atoms. The molecule has 1 aliphatic heterocycles. The maximum Gasteiger partial charge on any atom is 0.238 e. The molecule has 1 aliphatic rings. The Morgan fingerprint density at radius 2 is 2.35 bits per heavy atom. The van der Waals surface area contributed by atoms with Gasteiger partial charge in [-0.1, -0.05) is 6.07 Å². The van der Waals surface area contributed by atoms with Gasteiger partial charge in [0.1, 0.15) is 5.82 Å². The largest absolute Gasteiger partial charge is 0.325 e. The van der Waals surface area contributed by atoms with Crippen LogP contribution in [0.1, 0.15) is 18.4 Å². The van der Waals surface area contributed by atoms with Crippen LogP contribution in [0, 0.1) is 12.7 Å². The van der Waals surface area contributed by atoms with E-state index in [0.29, 0.717) is 18.3 Å². The molecule has 0 radical (unpaired) electrons. The maximum absolute atomic E-state index is 13.2. The van der Waals surface area contributed by atoms with Gasteiger partial charge in [-0.25, -0.2) is 4.39 Å². The number of benzene rings is 1. The fourth-order valence-corrected chi connectivity index (χ4v) is 2.52. The van der Waals surface area contributed by atoms with E-state index in [1.165, 1.54) is 18.6 Å². The smallest absolute Gasteiger partial charge is 0.238 e. The molecule has 2 N–H and O–H groups in total. The number of rotatable bonds is 5. The Balaban J connectivity index is 1.83. The zero-order valence-corrected chi connectivity index (χ0v) is 12.1. The second kappa shape index (κ2) is 6.81. The molecule has 0 saturated carbocycles. The van der Waals surface area contributed by atoms with Gasteiger partial charge >= 0.3 is 0 Å². The van der Waals surface area contributed by atoms with Crippen LogP contribution in [0.3, 0.4) is 0 Å². The van der Waals surface area contributed by atoms with Crippen molar-refractivity contribution in [1.82, 2.24) is 10.2 Å². The first-order valence-corrected chi connectivity index (χ1v) is 7.02. The first-order chi connectivity index (χ1) is 9.54. The van der Waals surface area contributed by atoms with Gasteiger partial charge in [0.25, 0.3) is 0 Å². The highest BCUT2D eigenvalue weighted by Crippen LogP contribution is 2.15. The van der Waals surface area contributed by atoms with Crippen LogP contribution in [0.4, 0.5) is 10.1 Å². The van der Waals surface area contributed by atoms with Crippen LogP contribution < -0.4 is 10.6 Å². The van der Waals surface area contributed by atoms with Crippen molar-refractivity contribution in [3.63, 3.8) is 0 Å². The van der Waals surface area contributed by atoms with Crippen molar-refractivity contribution in [2.75, 3.05) is 32.0 Å². The van der Waals surface area contributed by atoms with E-state index in [1.807, 2.05) is 18.9 Å². The van der Waals surface area contributed by atoms with Crippen LogP contribution in [0.25, 0.3) is 0 Å². The second-order valence-electron chi connectivity index (χ2n) is 5.50. The van der Waals surface area contributed by atoms with Crippen molar-refractivity contribution in [3.8, 4) is 0 Å². The summed E-state index contributed by atoms with van der Waals surface area (Å²) in [6.07, 6.45) is 2.36. The molecule has 5 heteroatoms. The van der Waals surface area contributed by atoms with Crippen molar-refractivity contribution < 1.29 is 9.18 Å². The third kappa shape index (κ3) is 4.28. The topological polar surface area (TPSA) is 44.4 Å². The Hall–Kier alpha value is -1.46. The highest BCUT2D eigenvalue weighted by Gasteiger charge is 2.17. The SMILES string of the molecule is Cc1ccc(F)cc1NC(=O)CN(C)CC1CCCN1. The molecule has 1 saturated heterocycles. The van der Waals surface area contributed by atoms with Crippen LogP contribution in [-0.2, 0) is 4.79 Å². The summed E-state index contributed by atoms with van der Waals surface area (Å²) >= 11 is 0. The molecule has 1 aromatic rings. The zero-order valence-electron chi connectivity index (χ0n) is 12.1. The first kappa shape index (κ1) is 14.9. The molecule has 4 nitrogen and oxygen atoms in total. The fraction of sp³-hybridized carbons (Fsp3) is 0.533. The number of nitrogens with one attached hydrogen (secondary N) is 2. The molecule has 1 atom stereocenters. The van der Waals surface area contributed by atoms with Crippen molar-refractivity contribution in [1.29, 1.82) is 0 Å². The van der Waals surface area contributed by atoms with E-state index < -0.39 is 0 Å². The maximum atomic E-state index is 13.2. The third-order valence-electron chi connectivity index (χ3n) is 3.58. The zero-order chi connectivity index (χ0) is 14.5. The van der Waals surface area contributed by atoms with Gasteiger partial charge in [-0.3, -0.25) is 9.69 Å². The second-order valence-corrected chi connectivity index (χ2v) is 5.50. The lowest BCUT2D eigenvalue weighted by molar-refractivity contribution is -0.117. The van der Waals surface area contributed by atoms with Crippen LogP contribution in [-0.4, -0.2) is 43.5 Å². The van der Waals surface area contributed by atoms with Gasteiger partial charge < -0.3 is 10.6 Å². The molecule has 110 valence electrons. The van der Waals surface area contributed by atoms with Crippen LogP contribution in [0.15, 0.2) is 18.2 Å². The number of anilines is 1. The number of aryl methyl sites for hydroxylation is 1. The molecule has 0 aromatic heterocycles. The molecule has 1 amide bonds. The summed E-state index contributed by atoms with van der Waals surface area (Å²) in [6.45, 7) is 4.08. The fourth-order valence-electron chi connectivity index (χ4n) is 2.52. The lowest BCUT2D eigenvalue weighted by Crippen LogP contribution is -2.39. The number of carbonyl (C=O) groups excluding carboxylic acids is 1. The van der Waals surface area contributed by atoms with E-state index in [0.717, 1.165) is 25.1 Å². The first-order valence-electron chi connectivity index (χ1n) is 7.02. The Morgan fingerprint density at radius 1 is 1.55 bits per heavy atom. The van der Waals surface area contributed by atoms with E-state index in [-0.39, 0.29) is 11.7 Å². The van der Waals surface area contributed by atoms with E-state index in [4.69, 9.17) is 0 Å². The number of amides is 1. The van der Waals surface area contributed by atoms with Gasteiger partial charge in [-0.15, -0.1) is 0 Å². The summed E-state index contributed by atoms with van der Waals surface area (Å²) in [5, 5.41) is 6.17. The van der Waals surface area contributed by atoms with E-state index in [2.05, 4.69) is 10.6 Å². The number of carbonyl (C=O) groups is 1. The van der Waals surface area contributed by atoms with E-state index in [1.54, 1.807) is 6.07 Å². The van der Waals surface area contributed by atoms with Gasteiger partial charge in [0.15, 0.2) is 0 Å². The lowest BCUT2D eigenvalue weighted by Gasteiger charge is -2.20. The van der Waals surface area contributed by atoms with Gasteiger partial charge in [0, 0.05) is 18.3 Å². The summed E-state index contributed by atoms with van der Waals surface area (Å²) in [5.41, 5.74) is 1.40. The van der Waals surface area contributed by atoms with Crippen molar-refractivity contribution >= 4 is 11.6 Å². The Kier molecular flexibility index (Phi) is 5.09. The predicted molar refractivity (Wildman–Crippen MR) is 78.3 cm³/mol. The lowest BCUT2D eigenvalue weighted by atomic mass is 10.2. The van der Waals surface area contributed by atoms with Crippen LogP contribution >= 0.6 is 0 Å². The molecule has 2 rings (SSSR count). The minimum absolute atomic E-state index is 0.112. The molecule has 20 heavy (non-hydrogen) atoms. The molecule has 0 spiro atoms. The minimum Gasteiger partial charge on any atom is -0.325 e. The monoisotopic (exact) mass is 279 g/mol. The molecule has 1 fully saturated rings. The minimum atomic E-state index is -0.339. The molecular weight excluding hydrogens is 257 g/mol. The van der Waals surface area contributed by atoms with Crippen LogP contribution in [0.2, 0.25) is 0 Å². The van der Waals surface area contributed by atoms with Crippen LogP contribution in [0.5, 0.6) is 0 Å². The van der Waals surface area contributed by atoms with Gasteiger partial charge in [0.05, 0.1) is 6.54 Å². The average molecular weight is 279 g/mol. The summed E-state index contributed by atoms with van der Waals surface area (Å²) < 4.78 is 13.2. The van der Waals surface area contributed by atoms with Gasteiger partial charge in [0.2, 0.25) is 5.91 Å². The summed E-state index contributed by atoms with van der Waals surface area (Å²) in [5.74, 6) is -0.450. The highest BCUT2D eigenvalue weighted by atomic mass is 19.1. The standard InChI is InChI=1S/C15H22FN3O/c1-11-5-6-12(16)8-14(11)18-15(20)10-19(2)9-13-4-3-7-17-13/h5-6,8,13,17H,3-4,7,9-10H2,1-2H3,(H,18,20). The summed E-state index contributed by atoms with van der Waals surface area (Å²) in [6, 6.07) is 4.88. The molecule has 1 heterocycles. The Labute approximate surface area is 119 Å². The molecule has 1 unspecified atom stereocenters.